The minimum atomic E-state index is 0.722. The molecule has 1 saturated heterocycles. The summed E-state index contributed by atoms with van der Waals surface area (Å²) in [6.07, 6.45) is 2.79. The number of piperidine rings is 1. The molecule has 0 N–H and O–H groups in total. The molecule has 0 aliphatic carbocycles. The molecule has 0 aromatic heterocycles. The van der Waals surface area contributed by atoms with Gasteiger partial charge in [-0.1, -0.05) is 20.8 Å². The van der Waals surface area contributed by atoms with Crippen LogP contribution < -0.4 is 0 Å². The van der Waals surface area contributed by atoms with E-state index in [0.717, 1.165) is 23.9 Å². The van der Waals surface area contributed by atoms with E-state index in [4.69, 9.17) is 0 Å². The maximum atomic E-state index is 2.69. The van der Waals surface area contributed by atoms with Crippen molar-refractivity contribution in [1.29, 1.82) is 0 Å². The smallest absolute Gasteiger partial charge is 0.0123 e. The summed E-state index contributed by atoms with van der Waals surface area (Å²) in [6, 6.07) is 1.55. The van der Waals surface area contributed by atoms with Crippen LogP contribution in [0.5, 0.6) is 0 Å². The van der Waals surface area contributed by atoms with Crippen LogP contribution in [0, 0.1) is 11.8 Å². The molecule has 1 nitrogen and oxygen atoms in total. The first-order valence-corrected chi connectivity index (χ1v) is 5.78. The van der Waals surface area contributed by atoms with Crippen molar-refractivity contribution in [3.63, 3.8) is 0 Å². The summed E-state index contributed by atoms with van der Waals surface area (Å²) < 4.78 is 0. The van der Waals surface area contributed by atoms with Gasteiger partial charge in [0.2, 0.25) is 0 Å². The first kappa shape index (κ1) is 11.0. The molecule has 2 atom stereocenters. The summed E-state index contributed by atoms with van der Waals surface area (Å²) in [5.41, 5.74) is 0. The Morgan fingerprint density at radius 2 is 1.77 bits per heavy atom. The second-order valence-electron chi connectivity index (χ2n) is 5.27. The van der Waals surface area contributed by atoms with E-state index < -0.39 is 0 Å². The molecule has 1 heteroatoms. The number of hydrogen-bond acceptors (Lipinski definition) is 1. The molecule has 13 heavy (non-hydrogen) atoms. The van der Waals surface area contributed by atoms with Gasteiger partial charge in [0.05, 0.1) is 0 Å². The second kappa shape index (κ2) is 4.45. The van der Waals surface area contributed by atoms with E-state index in [-0.39, 0.29) is 0 Å². The van der Waals surface area contributed by atoms with Crippen LogP contribution in [0.15, 0.2) is 0 Å². The van der Waals surface area contributed by atoms with Crippen LogP contribution >= 0.6 is 0 Å². The van der Waals surface area contributed by atoms with Gasteiger partial charge in [-0.25, -0.2) is 0 Å². The zero-order valence-electron chi connectivity index (χ0n) is 9.88. The predicted octanol–water partition coefficient (Wildman–Crippen LogP) is 3.15. The first-order valence-electron chi connectivity index (χ1n) is 5.78. The molecule has 0 spiro atoms. The fourth-order valence-electron chi connectivity index (χ4n) is 2.50. The fraction of sp³-hybridized carbons (Fsp3) is 1.00. The van der Waals surface area contributed by atoms with Crippen LogP contribution in [0.1, 0.15) is 47.5 Å². The Bertz CT molecular complexity index is 151. The van der Waals surface area contributed by atoms with Gasteiger partial charge in [0.15, 0.2) is 0 Å². The molecule has 1 aliphatic rings. The molecule has 78 valence electrons. The molecule has 1 aliphatic heterocycles. The van der Waals surface area contributed by atoms with E-state index >= 15 is 0 Å². The van der Waals surface area contributed by atoms with Crippen LogP contribution in [0.25, 0.3) is 0 Å². The van der Waals surface area contributed by atoms with Crippen LogP contribution in [0.4, 0.5) is 0 Å². The molecular formula is C12H25N. The molecule has 0 aromatic carbocycles. The zero-order valence-corrected chi connectivity index (χ0v) is 9.88. The molecule has 0 bridgehead atoms. The van der Waals surface area contributed by atoms with E-state index in [2.05, 4.69) is 39.5 Å². The van der Waals surface area contributed by atoms with E-state index in [9.17, 15) is 0 Å². The Morgan fingerprint density at radius 1 is 1.15 bits per heavy atom. The summed E-state index contributed by atoms with van der Waals surface area (Å²) in [4.78, 5) is 2.69. The Kier molecular flexibility index (Phi) is 3.78. The third kappa shape index (κ3) is 2.70. The molecule has 0 saturated carbocycles. The Hall–Kier alpha value is -0.0400. The average Bonchev–Trinajstić information content (AvgIpc) is 2.03. The summed E-state index contributed by atoms with van der Waals surface area (Å²) in [5.74, 6) is 1.74. The lowest BCUT2D eigenvalue weighted by molar-refractivity contribution is 0.0582. The number of nitrogens with zero attached hydrogens (tertiary/aromatic N) is 1. The zero-order chi connectivity index (χ0) is 10.0. The molecule has 1 heterocycles. The highest BCUT2D eigenvalue weighted by atomic mass is 15.2. The van der Waals surface area contributed by atoms with Gasteiger partial charge in [-0.3, -0.25) is 4.90 Å². The predicted molar refractivity (Wildman–Crippen MR) is 58.9 cm³/mol. The number of likely N-dealkylation sites (tertiary alicyclic amines) is 1. The number of hydrogen-bond donors (Lipinski definition) is 0. The van der Waals surface area contributed by atoms with Gasteiger partial charge in [-0.15, -0.1) is 0 Å². The topological polar surface area (TPSA) is 3.24 Å². The van der Waals surface area contributed by atoms with Crippen molar-refractivity contribution >= 4 is 0 Å². The van der Waals surface area contributed by atoms with Gasteiger partial charge in [0, 0.05) is 12.1 Å². The van der Waals surface area contributed by atoms with Gasteiger partial charge < -0.3 is 0 Å². The summed E-state index contributed by atoms with van der Waals surface area (Å²) >= 11 is 0. The quantitative estimate of drug-likeness (QED) is 0.635. The van der Waals surface area contributed by atoms with Crippen LogP contribution in [0.3, 0.4) is 0 Å². The summed E-state index contributed by atoms with van der Waals surface area (Å²) in [7, 11) is 0. The van der Waals surface area contributed by atoms with Crippen molar-refractivity contribution in [2.24, 2.45) is 11.8 Å². The molecular weight excluding hydrogens is 158 g/mol. The Balaban J connectivity index is 2.60. The SMILES string of the molecule is CC(C)[C@H]1C[C@H](C)CCN1C(C)C. The molecule has 1 rings (SSSR count). The van der Waals surface area contributed by atoms with Gasteiger partial charge in [0.25, 0.3) is 0 Å². The van der Waals surface area contributed by atoms with Crippen LogP contribution in [-0.2, 0) is 0 Å². The van der Waals surface area contributed by atoms with E-state index in [1.54, 1.807) is 0 Å². The number of rotatable bonds is 2. The highest BCUT2D eigenvalue weighted by Crippen LogP contribution is 2.28. The lowest BCUT2D eigenvalue weighted by Crippen LogP contribution is -2.48. The third-order valence-electron chi connectivity index (χ3n) is 3.38. The third-order valence-corrected chi connectivity index (χ3v) is 3.38. The van der Waals surface area contributed by atoms with E-state index in [1.165, 1.54) is 19.4 Å². The maximum absolute atomic E-state index is 2.69. The Morgan fingerprint density at radius 3 is 2.23 bits per heavy atom. The van der Waals surface area contributed by atoms with Gasteiger partial charge in [-0.2, -0.15) is 0 Å². The highest BCUT2D eigenvalue weighted by Gasteiger charge is 2.29. The first-order chi connectivity index (χ1) is 6.02. The van der Waals surface area contributed by atoms with Gasteiger partial charge in [-0.05, 0) is 45.1 Å². The normalized spacial score (nSPS) is 31.6. The second-order valence-corrected chi connectivity index (χ2v) is 5.27. The molecule has 0 amide bonds. The van der Waals surface area contributed by atoms with Crippen molar-refractivity contribution in [3.05, 3.63) is 0 Å². The van der Waals surface area contributed by atoms with Gasteiger partial charge >= 0.3 is 0 Å². The largest absolute Gasteiger partial charge is 0.298 e. The van der Waals surface area contributed by atoms with Crippen LogP contribution in [-0.4, -0.2) is 23.5 Å². The molecule has 0 unspecified atom stereocenters. The van der Waals surface area contributed by atoms with E-state index in [1.807, 2.05) is 0 Å². The lowest BCUT2D eigenvalue weighted by atomic mass is 9.85. The summed E-state index contributed by atoms with van der Waals surface area (Å²) in [6.45, 7) is 13.1. The molecule has 0 aromatic rings. The van der Waals surface area contributed by atoms with E-state index in [0.29, 0.717) is 0 Å². The van der Waals surface area contributed by atoms with Crippen LogP contribution in [0.2, 0.25) is 0 Å². The van der Waals surface area contributed by atoms with Gasteiger partial charge in [0.1, 0.15) is 0 Å². The fourth-order valence-corrected chi connectivity index (χ4v) is 2.50. The minimum absolute atomic E-state index is 0.722. The average molecular weight is 183 g/mol. The van der Waals surface area contributed by atoms with Crippen molar-refractivity contribution in [2.75, 3.05) is 6.54 Å². The summed E-state index contributed by atoms with van der Waals surface area (Å²) in [5, 5.41) is 0. The monoisotopic (exact) mass is 183 g/mol. The molecule has 0 radical (unpaired) electrons. The van der Waals surface area contributed by atoms with Crippen molar-refractivity contribution < 1.29 is 0 Å². The standard InChI is InChI=1S/C12H25N/c1-9(2)12-8-11(5)6-7-13(12)10(3)4/h9-12H,6-8H2,1-5H3/t11-,12-/m1/s1. The molecule has 1 fully saturated rings. The van der Waals surface area contributed by atoms with Crippen molar-refractivity contribution in [2.45, 2.75) is 59.5 Å². The Labute approximate surface area is 83.5 Å². The lowest BCUT2D eigenvalue weighted by Gasteiger charge is -2.43. The maximum Gasteiger partial charge on any atom is 0.0123 e. The highest BCUT2D eigenvalue weighted by molar-refractivity contribution is 4.83. The van der Waals surface area contributed by atoms with Crippen molar-refractivity contribution in [3.8, 4) is 0 Å². The minimum Gasteiger partial charge on any atom is -0.298 e. The van der Waals surface area contributed by atoms with Crippen molar-refractivity contribution in [1.82, 2.24) is 4.90 Å².